The van der Waals surface area contributed by atoms with Crippen LogP contribution in [0, 0.1) is 6.92 Å². The lowest BCUT2D eigenvalue weighted by Crippen LogP contribution is -2.16. The largest absolute Gasteiger partial charge is 0.475 e. The van der Waals surface area contributed by atoms with Crippen LogP contribution in [-0.4, -0.2) is 40.5 Å². The summed E-state index contributed by atoms with van der Waals surface area (Å²) >= 11 is 0. The number of hydrogen-bond donors (Lipinski definition) is 2. The number of fused-ring (bicyclic) bond motifs is 1. The van der Waals surface area contributed by atoms with Crippen molar-refractivity contribution in [3.05, 3.63) is 71.5 Å². The lowest BCUT2D eigenvalue weighted by Gasteiger charge is -2.12. The number of methoxy groups -OCH3 is 1. The minimum Gasteiger partial charge on any atom is -0.475 e. The summed E-state index contributed by atoms with van der Waals surface area (Å²) in [4.78, 5) is 9.27. The van der Waals surface area contributed by atoms with Crippen molar-refractivity contribution < 1.29 is 9.47 Å². The van der Waals surface area contributed by atoms with E-state index in [0.717, 1.165) is 27.9 Å². The molecule has 2 aromatic heterocycles. The summed E-state index contributed by atoms with van der Waals surface area (Å²) in [6.07, 6.45) is 0. The van der Waals surface area contributed by atoms with Gasteiger partial charge in [-0.2, -0.15) is 5.10 Å². The molecule has 0 aliphatic rings. The maximum atomic E-state index is 5.87. The zero-order valence-corrected chi connectivity index (χ0v) is 17.2. The first kappa shape index (κ1) is 20.0. The number of nitrogens with one attached hydrogen (secondary N) is 2. The van der Waals surface area contributed by atoms with Crippen molar-refractivity contribution >= 4 is 10.9 Å². The van der Waals surface area contributed by atoms with E-state index in [1.807, 2.05) is 36.4 Å². The molecule has 0 aliphatic heterocycles. The lowest BCUT2D eigenvalue weighted by molar-refractivity contribution is 0.143. The summed E-state index contributed by atoms with van der Waals surface area (Å²) in [5.74, 6) is 2.09. The van der Waals surface area contributed by atoms with Crippen molar-refractivity contribution in [1.29, 1.82) is 0 Å². The van der Waals surface area contributed by atoms with Gasteiger partial charge in [0.2, 0.25) is 5.88 Å². The maximum absolute atomic E-state index is 5.87. The van der Waals surface area contributed by atoms with Gasteiger partial charge in [-0.25, -0.2) is 9.97 Å². The summed E-state index contributed by atoms with van der Waals surface area (Å²) in [7, 11) is 1.66. The number of ether oxygens (including phenoxy) is 2. The molecule has 4 aromatic rings. The van der Waals surface area contributed by atoms with Gasteiger partial charge < -0.3 is 14.8 Å². The van der Waals surface area contributed by atoms with Gasteiger partial charge in [0.1, 0.15) is 12.4 Å². The van der Waals surface area contributed by atoms with Crippen molar-refractivity contribution in [2.45, 2.75) is 20.0 Å². The number of hydrogen-bond acceptors (Lipinski definition) is 6. The molecule has 2 aromatic carbocycles. The van der Waals surface area contributed by atoms with Crippen LogP contribution in [0.5, 0.6) is 5.88 Å². The highest BCUT2D eigenvalue weighted by Gasteiger charge is 2.10. The van der Waals surface area contributed by atoms with E-state index < -0.39 is 0 Å². The Morgan fingerprint density at radius 3 is 2.67 bits per heavy atom. The van der Waals surface area contributed by atoms with Crippen molar-refractivity contribution in [2.24, 2.45) is 0 Å². The molecule has 0 spiro atoms. The fraction of sp³-hybridized carbons (Fsp3) is 0.261. The van der Waals surface area contributed by atoms with Crippen molar-refractivity contribution in [2.75, 3.05) is 20.3 Å². The number of nitrogens with zero attached hydrogens (tertiary/aromatic N) is 3. The SMILES string of the molecule is COCCOc1nc2ccc(C)cc2cc1CNCc1nc(-c2ccccc2)n[nH]1. The molecule has 0 fully saturated rings. The fourth-order valence-electron chi connectivity index (χ4n) is 3.20. The van der Waals surface area contributed by atoms with E-state index in [2.05, 4.69) is 45.6 Å². The summed E-state index contributed by atoms with van der Waals surface area (Å²) < 4.78 is 11.0. The van der Waals surface area contributed by atoms with Crippen LogP contribution >= 0.6 is 0 Å². The summed E-state index contributed by atoms with van der Waals surface area (Å²) in [6.45, 7) is 4.20. The van der Waals surface area contributed by atoms with E-state index in [9.17, 15) is 0 Å². The van der Waals surface area contributed by atoms with Gasteiger partial charge in [0.15, 0.2) is 5.82 Å². The van der Waals surface area contributed by atoms with Crippen LogP contribution in [-0.2, 0) is 17.8 Å². The number of aromatic nitrogens is 4. The van der Waals surface area contributed by atoms with Gasteiger partial charge >= 0.3 is 0 Å². The monoisotopic (exact) mass is 403 g/mol. The third-order valence-electron chi connectivity index (χ3n) is 4.71. The molecule has 0 saturated carbocycles. The highest BCUT2D eigenvalue weighted by Crippen LogP contribution is 2.23. The second kappa shape index (κ2) is 9.47. The molecule has 2 N–H and O–H groups in total. The molecule has 0 unspecified atom stereocenters. The number of benzene rings is 2. The van der Waals surface area contributed by atoms with Crippen LogP contribution in [0.25, 0.3) is 22.3 Å². The maximum Gasteiger partial charge on any atom is 0.218 e. The van der Waals surface area contributed by atoms with Gasteiger partial charge in [-0.3, -0.25) is 5.10 Å². The summed E-state index contributed by atoms with van der Waals surface area (Å²) in [5, 5.41) is 11.8. The number of H-pyrrole nitrogens is 1. The Kier molecular flexibility index (Phi) is 6.32. The predicted molar refractivity (Wildman–Crippen MR) is 116 cm³/mol. The second-order valence-electron chi connectivity index (χ2n) is 7.07. The topological polar surface area (TPSA) is 84.9 Å². The number of rotatable bonds is 9. The molecule has 0 radical (unpaired) electrons. The Morgan fingerprint density at radius 2 is 1.83 bits per heavy atom. The molecular weight excluding hydrogens is 378 g/mol. The van der Waals surface area contributed by atoms with Crippen molar-refractivity contribution in [3.63, 3.8) is 0 Å². The van der Waals surface area contributed by atoms with Gasteiger partial charge in [-0.05, 0) is 25.1 Å². The lowest BCUT2D eigenvalue weighted by atomic mass is 10.1. The molecule has 7 heteroatoms. The van der Waals surface area contributed by atoms with Crippen LogP contribution in [0.3, 0.4) is 0 Å². The van der Waals surface area contributed by atoms with Gasteiger partial charge in [-0.15, -0.1) is 0 Å². The van der Waals surface area contributed by atoms with Crippen molar-refractivity contribution in [3.8, 4) is 17.3 Å². The van der Waals surface area contributed by atoms with Crippen LogP contribution in [0.2, 0.25) is 0 Å². The third kappa shape index (κ3) is 4.82. The molecule has 0 atom stereocenters. The first-order valence-corrected chi connectivity index (χ1v) is 9.92. The Balaban J connectivity index is 1.47. The van der Waals surface area contributed by atoms with Crippen LogP contribution in [0.4, 0.5) is 0 Å². The highest BCUT2D eigenvalue weighted by atomic mass is 16.5. The average molecular weight is 403 g/mol. The van der Waals surface area contributed by atoms with E-state index in [1.165, 1.54) is 5.56 Å². The predicted octanol–water partition coefficient (Wildman–Crippen LogP) is 3.64. The summed E-state index contributed by atoms with van der Waals surface area (Å²) in [5.41, 5.74) is 4.10. The van der Waals surface area contributed by atoms with E-state index in [0.29, 0.717) is 38.0 Å². The normalized spacial score (nSPS) is 11.1. The van der Waals surface area contributed by atoms with Gasteiger partial charge in [0, 0.05) is 30.2 Å². The van der Waals surface area contributed by atoms with Gasteiger partial charge in [-0.1, -0.05) is 42.0 Å². The Labute approximate surface area is 175 Å². The molecule has 0 saturated heterocycles. The smallest absolute Gasteiger partial charge is 0.218 e. The molecule has 2 heterocycles. The zero-order chi connectivity index (χ0) is 20.8. The zero-order valence-electron chi connectivity index (χ0n) is 17.2. The molecule has 7 nitrogen and oxygen atoms in total. The Bertz CT molecular complexity index is 1110. The molecule has 0 bridgehead atoms. The number of pyridine rings is 1. The second-order valence-corrected chi connectivity index (χ2v) is 7.07. The molecule has 0 amide bonds. The Morgan fingerprint density at radius 1 is 0.967 bits per heavy atom. The Hall–Kier alpha value is -3.29. The molecule has 0 aliphatic carbocycles. The minimum absolute atomic E-state index is 0.455. The first-order chi connectivity index (χ1) is 14.7. The third-order valence-corrected chi connectivity index (χ3v) is 4.71. The molecular formula is C23H25N5O2. The highest BCUT2D eigenvalue weighted by molar-refractivity contribution is 5.80. The summed E-state index contributed by atoms with van der Waals surface area (Å²) in [6, 6.07) is 18.2. The van der Waals surface area contributed by atoms with E-state index >= 15 is 0 Å². The quantitative estimate of drug-likeness (QED) is 0.415. The van der Waals surface area contributed by atoms with Crippen LogP contribution in [0.15, 0.2) is 54.6 Å². The molecule has 154 valence electrons. The van der Waals surface area contributed by atoms with Gasteiger partial charge in [0.05, 0.1) is 18.7 Å². The fourth-order valence-corrected chi connectivity index (χ4v) is 3.20. The van der Waals surface area contributed by atoms with Crippen LogP contribution in [0.1, 0.15) is 17.0 Å². The molecule has 30 heavy (non-hydrogen) atoms. The van der Waals surface area contributed by atoms with E-state index in [4.69, 9.17) is 14.5 Å². The average Bonchev–Trinajstić information content (AvgIpc) is 3.24. The standard InChI is InChI=1S/C23H25N5O2/c1-16-8-9-20-18(12-16)13-19(23(25-20)30-11-10-29-2)14-24-15-21-26-22(28-27-21)17-6-4-3-5-7-17/h3-9,12-13,24H,10-11,14-15H2,1-2H3,(H,26,27,28). The number of aromatic amines is 1. The van der Waals surface area contributed by atoms with Gasteiger partial charge in [0.25, 0.3) is 0 Å². The molecule has 4 rings (SSSR count). The van der Waals surface area contributed by atoms with Crippen LogP contribution < -0.4 is 10.1 Å². The first-order valence-electron chi connectivity index (χ1n) is 9.92. The number of aryl methyl sites for hydroxylation is 1. The minimum atomic E-state index is 0.455. The van der Waals surface area contributed by atoms with E-state index in [-0.39, 0.29) is 0 Å². The van der Waals surface area contributed by atoms with Crippen molar-refractivity contribution in [1.82, 2.24) is 25.5 Å². The van der Waals surface area contributed by atoms with E-state index in [1.54, 1.807) is 7.11 Å².